The Balaban J connectivity index is 0.919. The average molecular weight is 1400 g/mol. The highest BCUT2D eigenvalue weighted by molar-refractivity contribution is 5.89. The molecule has 0 saturated carbocycles. The van der Waals surface area contributed by atoms with Crippen molar-refractivity contribution in [3.8, 4) is 34.5 Å². The Morgan fingerprint density at radius 3 is 0.585 bits per heavy atom. The van der Waals surface area contributed by atoms with Crippen molar-refractivity contribution in [1.29, 1.82) is 0 Å². The van der Waals surface area contributed by atoms with Gasteiger partial charge in [-0.15, -0.1) is 0 Å². The summed E-state index contributed by atoms with van der Waals surface area (Å²) in [6, 6.07) is 103. The Morgan fingerprint density at radius 2 is 0.396 bits per heavy atom. The first-order chi connectivity index (χ1) is 52.1. The van der Waals surface area contributed by atoms with Gasteiger partial charge in [-0.25, -0.2) is 0 Å². The van der Waals surface area contributed by atoms with Crippen LogP contribution in [0.25, 0.3) is 48.6 Å². The maximum absolute atomic E-state index is 10.2. The molecule has 0 aliphatic carbocycles. The van der Waals surface area contributed by atoms with Gasteiger partial charge in [-0.1, -0.05) is 158 Å². The number of hydrogen-bond donors (Lipinski definition) is 2. The molecule has 106 heavy (non-hydrogen) atoms. The second-order valence-electron chi connectivity index (χ2n) is 25.0. The molecule has 0 atom stereocenters. The van der Waals surface area contributed by atoms with E-state index in [0.29, 0.717) is 0 Å². The van der Waals surface area contributed by atoms with Gasteiger partial charge in [0, 0.05) is 105 Å². The van der Waals surface area contributed by atoms with Crippen molar-refractivity contribution in [3.63, 3.8) is 0 Å². The topological polar surface area (TPSA) is 109 Å². The lowest BCUT2D eigenvalue weighted by atomic mass is 9.95. The Morgan fingerprint density at radius 1 is 0.208 bits per heavy atom. The van der Waals surface area contributed by atoms with Gasteiger partial charge in [0.2, 0.25) is 0 Å². The summed E-state index contributed by atoms with van der Waals surface area (Å²) in [5.74, 6) is 4.47. The molecule has 0 fully saturated rings. The molecule has 0 radical (unpaired) electrons. The lowest BCUT2D eigenvalue weighted by Gasteiger charge is -2.26. The molecule has 0 unspecified atom stereocenters. The first-order valence-electron chi connectivity index (χ1n) is 34.9. The van der Waals surface area contributed by atoms with Crippen LogP contribution in [0.2, 0.25) is 0 Å². The number of aliphatic hydroxyl groups is 2. The molecule has 12 heteroatoms. The van der Waals surface area contributed by atoms with E-state index in [-0.39, 0.29) is 13.2 Å². The minimum atomic E-state index is -0.0805. The summed E-state index contributed by atoms with van der Waals surface area (Å²) in [5, 5.41) is 20.5. The lowest BCUT2D eigenvalue weighted by Crippen LogP contribution is -2.10. The van der Waals surface area contributed by atoms with Crippen LogP contribution in [0, 0.1) is 0 Å². The summed E-state index contributed by atoms with van der Waals surface area (Å²) < 4.78 is 34.2. The molecule has 12 nitrogen and oxygen atoms in total. The Bertz CT molecular complexity index is 4420. The number of methoxy groups -OCH3 is 6. The minimum Gasteiger partial charge on any atom is -0.497 e. The van der Waals surface area contributed by atoms with Gasteiger partial charge in [0.15, 0.2) is 0 Å². The fourth-order valence-electron chi connectivity index (χ4n) is 12.8. The van der Waals surface area contributed by atoms with Crippen LogP contribution in [0.5, 0.6) is 34.5 Å². The molecule has 13 aromatic carbocycles. The van der Waals surface area contributed by atoms with E-state index in [9.17, 15) is 10.2 Å². The third kappa shape index (κ3) is 17.1. The fourth-order valence-corrected chi connectivity index (χ4v) is 12.8. The van der Waals surface area contributed by atoms with E-state index in [0.717, 1.165) is 158 Å². The van der Waals surface area contributed by atoms with Gasteiger partial charge in [-0.3, -0.25) is 0 Å². The van der Waals surface area contributed by atoms with Gasteiger partial charge in [-0.05, 0) is 213 Å². The molecule has 526 valence electrons. The third-order valence-corrected chi connectivity index (χ3v) is 18.3. The molecule has 0 saturated heterocycles. The molecule has 0 heterocycles. The Kier molecular flexibility index (Phi) is 22.9. The van der Waals surface area contributed by atoms with Gasteiger partial charge in [-0.2, -0.15) is 0 Å². The molecule has 0 aliphatic rings. The first kappa shape index (κ1) is 71.1. The number of anilines is 12. The standard InChI is InChI=1S/C94H82N4O8/c1-101-89-25-9-19-83(59-89)95(81-17-7-15-71(55-81)65-99)77-47-35-67(36-48-77)31-43-73-57-75(45-33-69-39-51-79(52-40-69)97(85-21-11-27-91(61-85)103-3)86-22-12-28-92(62-86)104-4)76(46-34-70-41-53-80(54-42-70)98(87-23-13-29-93(63-87)105-5)88-24-14-30-94(64-88)106-6)58-74(73)44-32-68-37-49-78(50-38-68)96(82-18-8-16-72(56-82)66-100)84-20-10-26-90(60-84)102-2/h7-64,99-100H,65-66H2,1-6H3/b43-31+,44-32+,45-33+,46-34+. The smallest absolute Gasteiger partial charge is 0.120 e. The molecule has 2 N–H and O–H groups in total. The fraction of sp³-hybridized carbons (Fsp3) is 0.0851. The lowest BCUT2D eigenvalue weighted by molar-refractivity contribution is 0.281. The SMILES string of the molecule is COc1cccc(N(c2ccc(/C=C/c3cc(/C=C/c4ccc(N(c5cccc(OC)c5)c5cccc(OC)c5)cc4)c(/C=C/c4ccc(N(c5cccc(OC)c5)c5cccc(OC)c5)cc4)cc3/C=C/c3ccc(N(c4cccc(CO)c4)c4cccc(OC)c4)cc3)cc2)c2cccc(CO)c2)c1. The summed E-state index contributed by atoms with van der Waals surface area (Å²) in [5.41, 5.74) is 20.7. The highest BCUT2D eigenvalue weighted by Crippen LogP contribution is 2.43. The van der Waals surface area contributed by atoms with Crippen LogP contribution in [-0.4, -0.2) is 52.9 Å². The molecule has 13 rings (SSSR count). The van der Waals surface area contributed by atoms with E-state index >= 15 is 0 Å². The Labute approximate surface area is 621 Å². The summed E-state index contributed by atoms with van der Waals surface area (Å²) >= 11 is 0. The van der Waals surface area contributed by atoms with Crippen LogP contribution in [0.15, 0.2) is 303 Å². The molecular weight excluding hydrogens is 1310 g/mol. The summed E-state index contributed by atoms with van der Waals surface area (Å²) in [4.78, 5) is 8.72. The molecule has 0 amide bonds. The number of nitrogens with zero attached hydrogens (tertiary/aromatic N) is 4. The third-order valence-electron chi connectivity index (χ3n) is 18.3. The summed E-state index contributed by atoms with van der Waals surface area (Å²) in [6.07, 6.45) is 17.4. The highest BCUT2D eigenvalue weighted by atomic mass is 16.5. The molecular formula is C94H82N4O8. The molecule has 0 bridgehead atoms. The van der Waals surface area contributed by atoms with Gasteiger partial charge >= 0.3 is 0 Å². The van der Waals surface area contributed by atoms with Gasteiger partial charge in [0.25, 0.3) is 0 Å². The van der Waals surface area contributed by atoms with Crippen LogP contribution >= 0.6 is 0 Å². The van der Waals surface area contributed by atoms with Crippen molar-refractivity contribution in [2.45, 2.75) is 13.2 Å². The number of rotatable bonds is 28. The zero-order chi connectivity index (χ0) is 73.1. The number of ether oxygens (including phenoxy) is 6. The number of benzene rings is 13. The largest absolute Gasteiger partial charge is 0.497 e. The van der Waals surface area contributed by atoms with Crippen molar-refractivity contribution in [1.82, 2.24) is 0 Å². The van der Waals surface area contributed by atoms with Gasteiger partial charge < -0.3 is 58.2 Å². The minimum absolute atomic E-state index is 0.0805. The van der Waals surface area contributed by atoms with Crippen LogP contribution in [0.4, 0.5) is 68.2 Å². The van der Waals surface area contributed by atoms with Crippen molar-refractivity contribution in [2.24, 2.45) is 0 Å². The van der Waals surface area contributed by atoms with Crippen molar-refractivity contribution < 1.29 is 38.6 Å². The van der Waals surface area contributed by atoms with Crippen LogP contribution in [0.3, 0.4) is 0 Å². The maximum atomic E-state index is 10.2. The molecule has 0 aromatic heterocycles. The Hall–Kier alpha value is -13.3. The van der Waals surface area contributed by atoms with Crippen LogP contribution in [-0.2, 0) is 13.2 Å². The molecule has 0 spiro atoms. The summed E-state index contributed by atoms with van der Waals surface area (Å²) in [7, 11) is 10.1. The van der Waals surface area contributed by atoms with E-state index in [1.807, 2.05) is 158 Å². The monoisotopic (exact) mass is 1390 g/mol. The van der Waals surface area contributed by atoms with E-state index in [2.05, 4.69) is 214 Å². The first-order valence-corrected chi connectivity index (χ1v) is 34.9. The highest BCUT2D eigenvalue weighted by Gasteiger charge is 2.20. The van der Waals surface area contributed by atoms with Gasteiger partial charge in [0.05, 0.1) is 55.9 Å². The van der Waals surface area contributed by atoms with Crippen LogP contribution in [0.1, 0.15) is 55.6 Å². The van der Waals surface area contributed by atoms with Crippen LogP contribution < -0.4 is 48.0 Å². The zero-order valence-electron chi connectivity index (χ0n) is 60.0. The van der Waals surface area contributed by atoms with Crippen molar-refractivity contribution >= 4 is 117 Å². The average Bonchev–Trinajstić information content (AvgIpc) is 0.818. The van der Waals surface area contributed by atoms with Gasteiger partial charge in [0.1, 0.15) is 34.5 Å². The molecule has 0 aliphatic heterocycles. The second kappa shape index (κ2) is 34.1. The van der Waals surface area contributed by atoms with Crippen molar-refractivity contribution in [2.75, 3.05) is 62.3 Å². The number of hydrogen-bond acceptors (Lipinski definition) is 12. The van der Waals surface area contributed by atoms with Crippen molar-refractivity contribution in [3.05, 3.63) is 359 Å². The second-order valence-corrected chi connectivity index (χ2v) is 25.0. The predicted octanol–water partition coefficient (Wildman–Crippen LogP) is 23.3. The quantitative estimate of drug-likeness (QED) is 0.0456. The number of aliphatic hydroxyl groups excluding tert-OH is 2. The van der Waals surface area contributed by atoms with E-state index in [1.165, 1.54) is 0 Å². The molecule has 13 aromatic rings. The predicted molar refractivity (Wildman–Crippen MR) is 438 cm³/mol. The zero-order valence-corrected chi connectivity index (χ0v) is 60.0. The van der Waals surface area contributed by atoms with E-state index in [4.69, 9.17) is 28.4 Å². The maximum Gasteiger partial charge on any atom is 0.120 e. The summed E-state index contributed by atoms with van der Waals surface area (Å²) in [6.45, 7) is -0.161. The normalized spacial score (nSPS) is 11.3. The van der Waals surface area contributed by atoms with E-state index in [1.54, 1.807) is 42.7 Å². The van der Waals surface area contributed by atoms with E-state index < -0.39 is 0 Å².